The van der Waals surface area contributed by atoms with Crippen LogP contribution in [-0.2, 0) is 15.8 Å². The first kappa shape index (κ1) is 12.1. The van der Waals surface area contributed by atoms with Crippen molar-refractivity contribution < 1.29 is 8.42 Å². The van der Waals surface area contributed by atoms with Crippen LogP contribution in [0, 0.1) is 0 Å². The van der Waals surface area contributed by atoms with Gasteiger partial charge in [0.05, 0.1) is 5.75 Å². The first-order valence-corrected chi connectivity index (χ1v) is 6.30. The third-order valence-electron chi connectivity index (χ3n) is 1.88. The molecule has 0 aliphatic carbocycles. The van der Waals surface area contributed by atoms with Crippen LogP contribution < -0.4 is 10.5 Å². The average Bonchev–Trinajstić information content (AvgIpc) is 2.17. The van der Waals surface area contributed by atoms with Crippen molar-refractivity contribution in [2.24, 2.45) is 5.73 Å². The molecule has 0 fully saturated rings. The largest absolute Gasteiger partial charge is 0.389 e. The molecule has 82 valence electrons. The maximum absolute atomic E-state index is 11.3. The fraction of sp³-hybridized carbons (Fsp3) is 0.222. The summed E-state index contributed by atoms with van der Waals surface area (Å²) in [7, 11) is -1.87. The molecule has 0 saturated heterocycles. The molecule has 1 aromatic rings. The highest BCUT2D eigenvalue weighted by atomic mass is 32.2. The Kier molecular flexibility index (Phi) is 3.78. The van der Waals surface area contributed by atoms with Gasteiger partial charge in [0.2, 0.25) is 10.0 Å². The zero-order chi connectivity index (χ0) is 11.5. The monoisotopic (exact) mass is 244 g/mol. The number of hydrogen-bond acceptors (Lipinski definition) is 3. The summed E-state index contributed by atoms with van der Waals surface area (Å²) in [6, 6.07) is 6.88. The van der Waals surface area contributed by atoms with Gasteiger partial charge < -0.3 is 5.73 Å². The van der Waals surface area contributed by atoms with E-state index in [1.807, 2.05) is 0 Å². The Balaban J connectivity index is 2.97. The predicted octanol–water partition coefficient (Wildman–Crippen LogP) is 0.370. The van der Waals surface area contributed by atoms with Gasteiger partial charge in [0.25, 0.3) is 0 Å². The van der Waals surface area contributed by atoms with Crippen molar-refractivity contribution >= 4 is 27.2 Å². The molecule has 0 unspecified atom stereocenters. The molecule has 0 radical (unpaired) electrons. The number of benzene rings is 1. The minimum Gasteiger partial charge on any atom is -0.389 e. The molecule has 0 heterocycles. The molecule has 1 rings (SSSR count). The SMILES string of the molecule is CNS(=O)(=O)Cc1cccc(C(N)=S)c1. The molecule has 4 nitrogen and oxygen atoms in total. The van der Waals surface area contributed by atoms with E-state index in [0.717, 1.165) is 0 Å². The van der Waals surface area contributed by atoms with Crippen LogP contribution in [0.15, 0.2) is 24.3 Å². The van der Waals surface area contributed by atoms with E-state index in [-0.39, 0.29) is 10.7 Å². The van der Waals surface area contributed by atoms with E-state index in [1.165, 1.54) is 7.05 Å². The van der Waals surface area contributed by atoms with Gasteiger partial charge >= 0.3 is 0 Å². The Morgan fingerprint density at radius 1 is 1.53 bits per heavy atom. The van der Waals surface area contributed by atoms with Gasteiger partial charge in [-0.05, 0) is 18.7 Å². The smallest absolute Gasteiger partial charge is 0.215 e. The van der Waals surface area contributed by atoms with Crippen molar-refractivity contribution in [1.29, 1.82) is 0 Å². The predicted molar refractivity (Wildman–Crippen MR) is 64.0 cm³/mol. The van der Waals surface area contributed by atoms with E-state index in [1.54, 1.807) is 24.3 Å². The first-order valence-electron chi connectivity index (χ1n) is 4.24. The van der Waals surface area contributed by atoms with Gasteiger partial charge in [-0.1, -0.05) is 30.4 Å². The van der Waals surface area contributed by atoms with Gasteiger partial charge in [-0.25, -0.2) is 13.1 Å². The second-order valence-corrected chi connectivity index (χ2v) is 5.39. The first-order chi connectivity index (χ1) is 6.94. The lowest BCUT2D eigenvalue weighted by molar-refractivity contribution is 0.587. The van der Waals surface area contributed by atoms with Crippen molar-refractivity contribution in [3.05, 3.63) is 35.4 Å². The topological polar surface area (TPSA) is 72.2 Å². The minimum atomic E-state index is -3.25. The van der Waals surface area contributed by atoms with Crippen LogP contribution in [0.4, 0.5) is 0 Å². The molecule has 0 aliphatic rings. The van der Waals surface area contributed by atoms with Gasteiger partial charge in [0.1, 0.15) is 4.99 Å². The van der Waals surface area contributed by atoms with Crippen molar-refractivity contribution in [1.82, 2.24) is 4.72 Å². The fourth-order valence-electron chi connectivity index (χ4n) is 1.11. The van der Waals surface area contributed by atoms with Crippen LogP contribution in [0.5, 0.6) is 0 Å². The molecule has 0 amide bonds. The maximum atomic E-state index is 11.3. The number of thiocarbonyl (C=S) groups is 1. The zero-order valence-electron chi connectivity index (χ0n) is 8.23. The van der Waals surface area contributed by atoms with Crippen molar-refractivity contribution in [3.63, 3.8) is 0 Å². The van der Waals surface area contributed by atoms with Crippen LogP contribution >= 0.6 is 12.2 Å². The van der Waals surface area contributed by atoms with Gasteiger partial charge in [0, 0.05) is 5.56 Å². The van der Waals surface area contributed by atoms with Crippen LogP contribution in [-0.4, -0.2) is 20.5 Å². The summed E-state index contributed by atoms with van der Waals surface area (Å²) in [5.41, 5.74) is 6.78. The molecular weight excluding hydrogens is 232 g/mol. The van der Waals surface area contributed by atoms with Crippen molar-refractivity contribution in [2.45, 2.75) is 5.75 Å². The molecule has 1 aromatic carbocycles. The Morgan fingerprint density at radius 2 is 2.20 bits per heavy atom. The summed E-state index contributed by atoms with van der Waals surface area (Å²) in [5.74, 6) is -0.0695. The van der Waals surface area contributed by atoms with Crippen molar-refractivity contribution in [2.75, 3.05) is 7.05 Å². The number of nitrogens with one attached hydrogen (secondary N) is 1. The number of nitrogens with two attached hydrogens (primary N) is 1. The van der Waals surface area contributed by atoms with Gasteiger partial charge in [-0.2, -0.15) is 0 Å². The van der Waals surface area contributed by atoms with Gasteiger partial charge in [0.15, 0.2) is 0 Å². The second-order valence-electron chi connectivity index (χ2n) is 3.03. The van der Waals surface area contributed by atoms with Crippen molar-refractivity contribution in [3.8, 4) is 0 Å². The molecule has 0 saturated carbocycles. The molecule has 0 aromatic heterocycles. The summed E-state index contributed by atoms with van der Waals surface area (Å²) < 4.78 is 24.8. The summed E-state index contributed by atoms with van der Waals surface area (Å²) in [5, 5.41) is 0. The quantitative estimate of drug-likeness (QED) is 0.751. The average molecular weight is 244 g/mol. The lowest BCUT2D eigenvalue weighted by atomic mass is 10.1. The van der Waals surface area contributed by atoms with E-state index in [2.05, 4.69) is 4.72 Å². The Hall–Kier alpha value is -0.980. The number of hydrogen-bond donors (Lipinski definition) is 2. The second kappa shape index (κ2) is 4.69. The Morgan fingerprint density at radius 3 is 2.73 bits per heavy atom. The normalized spacial score (nSPS) is 11.3. The summed E-state index contributed by atoms with van der Waals surface area (Å²) in [4.78, 5) is 0.263. The van der Waals surface area contributed by atoms with Gasteiger partial charge in [-0.3, -0.25) is 0 Å². The molecule has 0 spiro atoms. The van der Waals surface area contributed by atoms with E-state index in [0.29, 0.717) is 11.1 Å². The fourth-order valence-corrected chi connectivity index (χ4v) is 2.00. The molecule has 3 N–H and O–H groups in total. The van der Waals surface area contributed by atoms with E-state index < -0.39 is 10.0 Å². The highest BCUT2D eigenvalue weighted by Crippen LogP contribution is 2.08. The zero-order valence-corrected chi connectivity index (χ0v) is 9.86. The van der Waals surface area contributed by atoms with E-state index >= 15 is 0 Å². The van der Waals surface area contributed by atoms with Crippen LogP contribution in [0.1, 0.15) is 11.1 Å². The lowest BCUT2D eigenvalue weighted by Crippen LogP contribution is -2.20. The molecule has 0 atom stereocenters. The highest BCUT2D eigenvalue weighted by molar-refractivity contribution is 7.88. The molecule has 0 bridgehead atoms. The molecule has 15 heavy (non-hydrogen) atoms. The molecule has 0 aliphatic heterocycles. The third-order valence-corrected chi connectivity index (χ3v) is 3.45. The molecule has 6 heteroatoms. The molecular formula is C9H12N2O2S2. The minimum absolute atomic E-state index is 0.0695. The summed E-state index contributed by atoms with van der Waals surface area (Å²) in [6.07, 6.45) is 0. The van der Waals surface area contributed by atoms with E-state index in [4.69, 9.17) is 18.0 Å². The lowest BCUT2D eigenvalue weighted by Gasteiger charge is -2.04. The van der Waals surface area contributed by atoms with E-state index in [9.17, 15) is 8.42 Å². The van der Waals surface area contributed by atoms with Crippen LogP contribution in [0.3, 0.4) is 0 Å². The summed E-state index contributed by atoms with van der Waals surface area (Å²) in [6.45, 7) is 0. The number of rotatable bonds is 4. The third kappa shape index (κ3) is 3.58. The standard InChI is InChI=1S/C9H12N2O2S2/c1-11-15(12,13)6-7-3-2-4-8(5-7)9(10)14/h2-5,11H,6H2,1H3,(H2,10,14). The number of sulfonamides is 1. The maximum Gasteiger partial charge on any atom is 0.215 e. The summed E-state index contributed by atoms with van der Waals surface area (Å²) >= 11 is 4.80. The Bertz CT molecular complexity index is 469. The Labute approximate surface area is 94.5 Å². The van der Waals surface area contributed by atoms with Crippen LogP contribution in [0.25, 0.3) is 0 Å². The van der Waals surface area contributed by atoms with Crippen LogP contribution in [0.2, 0.25) is 0 Å². The highest BCUT2D eigenvalue weighted by Gasteiger charge is 2.08. The van der Waals surface area contributed by atoms with Gasteiger partial charge in [-0.15, -0.1) is 0 Å².